The van der Waals surface area contributed by atoms with Gasteiger partial charge in [-0.25, -0.2) is 4.79 Å². The molecule has 25 heavy (non-hydrogen) atoms. The fourth-order valence-electron chi connectivity index (χ4n) is 2.71. The zero-order chi connectivity index (χ0) is 18.1. The standard InChI is InChI=1S/C18H26N4O3/c1-2-10-19-18(25)21-15-8-11-22(12-9-15)16(23)13-20-17(24)14-6-4-3-5-7-14/h3-7,15H,2,8-13H2,1H3,(H,20,24)(H2,19,21,25). The van der Waals surface area contributed by atoms with Crippen molar-refractivity contribution >= 4 is 17.8 Å². The lowest BCUT2D eigenvalue weighted by Crippen LogP contribution is -2.50. The van der Waals surface area contributed by atoms with E-state index in [2.05, 4.69) is 16.0 Å². The Hall–Kier alpha value is -2.57. The zero-order valence-electron chi connectivity index (χ0n) is 14.6. The van der Waals surface area contributed by atoms with Crippen LogP contribution in [0, 0.1) is 0 Å². The Morgan fingerprint density at radius 2 is 1.76 bits per heavy atom. The molecule has 0 saturated carbocycles. The highest BCUT2D eigenvalue weighted by atomic mass is 16.2. The van der Waals surface area contributed by atoms with Gasteiger partial charge < -0.3 is 20.9 Å². The molecule has 136 valence electrons. The van der Waals surface area contributed by atoms with Crippen LogP contribution in [-0.4, -0.2) is 55.0 Å². The molecule has 0 unspecified atom stereocenters. The molecule has 0 aromatic heterocycles. The van der Waals surface area contributed by atoms with Crippen molar-refractivity contribution in [2.24, 2.45) is 0 Å². The van der Waals surface area contributed by atoms with E-state index >= 15 is 0 Å². The Labute approximate surface area is 148 Å². The lowest BCUT2D eigenvalue weighted by atomic mass is 10.1. The first-order valence-electron chi connectivity index (χ1n) is 8.75. The van der Waals surface area contributed by atoms with Crippen molar-refractivity contribution in [1.29, 1.82) is 0 Å². The lowest BCUT2D eigenvalue weighted by molar-refractivity contribution is -0.131. The number of hydrogen-bond acceptors (Lipinski definition) is 3. The second-order valence-corrected chi connectivity index (χ2v) is 6.10. The van der Waals surface area contributed by atoms with Crippen LogP contribution >= 0.6 is 0 Å². The Morgan fingerprint density at radius 1 is 1.08 bits per heavy atom. The van der Waals surface area contributed by atoms with Gasteiger partial charge in [0.15, 0.2) is 0 Å². The summed E-state index contributed by atoms with van der Waals surface area (Å²) in [7, 11) is 0. The summed E-state index contributed by atoms with van der Waals surface area (Å²) in [5.74, 6) is -0.351. The van der Waals surface area contributed by atoms with Gasteiger partial charge in [-0.2, -0.15) is 0 Å². The van der Waals surface area contributed by atoms with E-state index in [4.69, 9.17) is 0 Å². The molecule has 1 heterocycles. The molecule has 0 aliphatic carbocycles. The van der Waals surface area contributed by atoms with Crippen molar-refractivity contribution < 1.29 is 14.4 Å². The van der Waals surface area contributed by atoms with Crippen LogP contribution in [0.25, 0.3) is 0 Å². The Kier molecular flexibility index (Phi) is 7.25. The van der Waals surface area contributed by atoms with Crippen LogP contribution in [0.2, 0.25) is 0 Å². The van der Waals surface area contributed by atoms with Gasteiger partial charge in [-0.05, 0) is 31.4 Å². The number of likely N-dealkylation sites (tertiary alicyclic amines) is 1. The van der Waals surface area contributed by atoms with Gasteiger partial charge in [0, 0.05) is 31.2 Å². The highest BCUT2D eigenvalue weighted by Gasteiger charge is 2.23. The maximum absolute atomic E-state index is 12.2. The summed E-state index contributed by atoms with van der Waals surface area (Å²) in [6.07, 6.45) is 2.34. The number of amides is 4. The van der Waals surface area contributed by atoms with Gasteiger partial charge in [-0.3, -0.25) is 9.59 Å². The van der Waals surface area contributed by atoms with E-state index in [9.17, 15) is 14.4 Å². The molecular weight excluding hydrogens is 320 g/mol. The third-order valence-corrected chi connectivity index (χ3v) is 4.15. The third kappa shape index (κ3) is 6.10. The summed E-state index contributed by atoms with van der Waals surface area (Å²) in [4.78, 5) is 37.5. The van der Waals surface area contributed by atoms with Crippen molar-refractivity contribution in [2.45, 2.75) is 32.2 Å². The number of hydrogen-bond donors (Lipinski definition) is 3. The van der Waals surface area contributed by atoms with Crippen molar-refractivity contribution in [3.63, 3.8) is 0 Å². The van der Waals surface area contributed by atoms with E-state index in [1.165, 1.54) is 0 Å². The average Bonchev–Trinajstić information content (AvgIpc) is 2.65. The number of benzene rings is 1. The molecule has 2 rings (SSSR count). The minimum Gasteiger partial charge on any atom is -0.343 e. The van der Waals surface area contributed by atoms with Crippen LogP contribution in [0.4, 0.5) is 4.79 Å². The molecule has 1 saturated heterocycles. The predicted molar refractivity (Wildman–Crippen MR) is 95.2 cm³/mol. The summed E-state index contributed by atoms with van der Waals surface area (Å²) in [6.45, 7) is 3.81. The van der Waals surface area contributed by atoms with Crippen LogP contribution in [0.3, 0.4) is 0 Å². The number of rotatable bonds is 6. The summed E-state index contributed by atoms with van der Waals surface area (Å²) < 4.78 is 0. The quantitative estimate of drug-likeness (QED) is 0.721. The van der Waals surface area contributed by atoms with Gasteiger partial charge >= 0.3 is 6.03 Å². The van der Waals surface area contributed by atoms with Crippen molar-refractivity contribution in [2.75, 3.05) is 26.2 Å². The van der Waals surface area contributed by atoms with Crippen LogP contribution < -0.4 is 16.0 Å². The number of carbonyl (C=O) groups is 3. The molecule has 0 radical (unpaired) electrons. The first kappa shape index (κ1) is 18.8. The number of nitrogens with zero attached hydrogens (tertiary/aromatic N) is 1. The van der Waals surface area contributed by atoms with E-state index in [1.54, 1.807) is 29.2 Å². The third-order valence-electron chi connectivity index (χ3n) is 4.15. The average molecular weight is 346 g/mol. The fourth-order valence-corrected chi connectivity index (χ4v) is 2.71. The van der Waals surface area contributed by atoms with Crippen LogP contribution in [0.15, 0.2) is 30.3 Å². The second kappa shape index (κ2) is 9.66. The number of carbonyl (C=O) groups excluding carboxylic acids is 3. The highest BCUT2D eigenvalue weighted by Crippen LogP contribution is 2.10. The molecule has 0 atom stereocenters. The highest BCUT2D eigenvalue weighted by molar-refractivity contribution is 5.96. The van der Waals surface area contributed by atoms with Crippen LogP contribution in [-0.2, 0) is 4.79 Å². The summed E-state index contributed by atoms with van der Waals surface area (Å²) in [5, 5.41) is 8.36. The summed E-state index contributed by atoms with van der Waals surface area (Å²) in [5.41, 5.74) is 0.538. The van der Waals surface area contributed by atoms with Crippen molar-refractivity contribution in [1.82, 2.24) is 20.9 Å². The monoisotopic (exact) mass is 346 g/mol. The largest absolute Gasteiger partial charge is 0.343 e. The molecule has 7 heteroatoms. The smallest absolute Gasteiger partial charge is 0.315 e. The van der Waals surface area contributed by atoms with Crippen molar-refractivity contribution in [3.8, 4) is 0 Å². The molecule has 1 aromatic carbocycles. The molecule has 1 aliphatic heterocycles. The van der Waals surface area contributed by atoms with Gasteiger partial charge in [-0.15, -0.1) is 0 Å². The fraction of sp³-hybridized carbons (Fsp3) is 0.500. The lowest BCUT2D eigenvalue weighted by Gasteiger charge is -2.32. The van der Waals surface area contributed by atoms with Gasteiger partial charge in [0.05, 0.1) is 6.54 Å². The van der Waals surface area contributed by atoms with E-state index < -0.39 is 0 Å². The van der Waals surface area contributed by atoms with Gasteiger partial charge in [0.2, 0.25) is 5.91 Å². The Morgan fingerprint density at radius 3 is 2.40 bits per heavy atom. The number of nitrogens with one attached hydrogen (secondary N) is 3. The second-order valence-electron chi connectivity index (χ2n) is 6.10. The molecular formula is C18H26N4O3. The minimum atomic E-state index is -0.252. The number of piperidine rings is 1. The van der Waals surface area contributed by atoms with E-state index in [0.29, 0.717) is 25.2 Å². The molecule has 0 spiro atoms. The van der Waals surface area contributed by atoms with E-state index in [1.807, 2.05) is 13.0 Å². The summed E-state index contributed by atoms with van der Waals surface area (Å²) >= 11 is 0. The SMILES string of the molecule is CCCNC(=O)NC1CCN(C(=O)CNC(=O)c2ccccc2)CC1. The van der Waals surface area contributed by atoms with Gasteiger partial charge in [-0.1, -0.05) is 25.1 Å². The van der Waals surface area contributed by atoms with Gasteiger partial charge in [0.1, 0.15) is 0 Å². The van der Waals surface area contributed by atoms with Crippen LogP contribution in [0.1, 0.15) is 36.5 Å². The first-order chi connectivity index (χ1) is 12.1. The maximum atomic E-state index is 12.2. The molecule has 0 bridgehead atoms. The normalized spacial score (nSPS) is 14.7. The van der Waals surface area contributed by atoms with Gasteiger partial charge in [0.25, 0.3) is 5.91 Å². The molecule has 1 aromatic rings. The van der Waals surface area contributed by atoms with E-state index in [-0.39, 0.29) is 30.4 Å². The molecule has 1 fully saturated rings. The maximum Gasteiger partial charge on any atom is 0.315 e. The molecule has 7 nitrogen and oxygen atoms in total. The molecule has 4 amide bonds. The molecule has 3 N–H and O–H groups in total. The first-order valence-corrected chi connectivity index (χ1v) is 8.75. The topological polar surface area (TPSA) is 90.5 Å². The Bertz CT molecular complexity index is 583. The Balaban J connectivity index is 1.69. The summed E-state index contributed by atoms with van der Waals surface area (Å²) in [6, 6.07) is 8.75. The van der Waals surface area contributed by atoms with E-state index in [0.717, 1.165) is 19.3 Å². The van der Waals surface area contributed by atoms with Crippen LogP contribution in [0.5, 0.6) is 0 Å². The minimum absolute atomic E-state index is 0.0111. The molecule has 1 aliphatic rings. The zero-order valence-corrected chi connectivity index (χ0v) is 14.6. The number of urea groups is 1. The predicted octanol–water partition coefficient (Wildman–Crippen LogP) is 1.12. The van der Waals surface area contributed by atoms with Crippen molar-refractivity contribution in [3.05, 3.63) is 35.9 Å².